The van der Waals surface area contributed by atoms with Gasteiger partial charge in [-0.25, -0.2) is 4.98 Å². The number of hydrogen-bond acceptors (Lipinski definition) is 4. The second-order valence-corrected chi connectivity index (χ2v) is 4.79. The monoisotopic (exact) mass is 267 g/mol. The lowest BCUT2D eigenvalue weighted by Crippen LogP contribution is -2.18. The molecular weight excluding hydrogens is 250 g/mol. The molecule has 1 N–H and O–H groups in total. The third kappa shape index (κ3) is 3.34. The summed E-state index contributed by atoms with van der Waals surface area (Å²) in [5.41, 5.74) is 2.55. The third-order valence-corrected chi connectivity index (χ3v) is 3.12. The number of hydrogen-bond donors (Lipinski definition) is 1. The van der Waals surface area contributed by atoms with E-state index in [0.717, 1.165) is 16.9 Å². The van der Waals surface area contributed by atoms with Crippen molar-refractivity contribution in [3.05, 3.63) is 59.3 Å². The average molecular weight is 267 g/mol. The molecule has 20 heavy (non-hydrogen) atoms. The number of aliphatic hydroxyl groups is 1. The average Bonchev–Trinajstić information content (AvgIpc) is 2.47. The van der Waals surface area contributed by atoms with Gasteiger partial charge in [-0.1, -0.05) is 12.1 Å². The minimum absolute atomic E-state index is 0.507. The first-order valence-electron chi connectivity index (χ1n) is 6.44. The molecule has 2 aromatic rings. The van der Waals surface area contributed by atoms with Gasteiger partial charge in [0.05, 0.1) is 17.7 Å². The van der Waals surface area contributed by atoms with Crippen molar-refractivity contribution in [2.45, 2.75) is 19.6 Å². The molecule has 1 atom stereocenters. The standard InChI is InChI=1S/C16H17N3O/c1-12(20)15-6-7-18-16(9-15)19(2)11-14-5-3-4-13(8-14)10-17/h3-9,12,20H,11H2,1-2H3/t12-/m1/s1. The molecule has 0 amide bonds. The lowest BCUT2D eigenvalue weighted by Gasteiger charge is -2.19. The first-order valence-corrected chi connectivity index (χ1v) is 6.44. The van der Waals surface area contributed by atoms with Gasteiger partial charge in [0.25, 0.3) is 0 Å². The van der Waals surface area contributed by atoms with E-state index in [1.54, 1.807) is 25.3 Å². The van der Waals surface area contributed by atoms with Crippen molar-refractivity contribution in [3.63, 3.8) is 0 Å². The van der Waals surface area contributed by atoms with Crippen molar-refractivity contribution >= 4 is 5.82 Å². The Morgan fingerprint density at radius 1 is 1.35 bits per heavy atom. The zero-order chi connectivity index (χ0) is 14.5. The van der Waals surface area contributed by atoms with E-state index in [0.29, 0.717) is 12.1 Å². The Morgan fingerprint density at radius 2 is 2.15 bits per heavy atom. The molecule has 0 unspecified atom stereocenters. The zero-order valence-corrected chi connectivity index (χ0v) is 11.6. The summed E-state index contributed by atoms with van der Waals surface area (Å²) in [5.74, 6) is 0.797. The summed E-state index contributed by atoms with van der Waals surface area (Å²) in [5, 5.41) is 18.5. The molecule has 0 aliphatic heterocycles. The van der Waals surface area contributed by atoms with Crippen LogP contribution < -0.4 is 4.90 Å². The number of benzene rings is 1. The van der Waals surface area contributed by atoms with Crippen LogP contribution >= 0.6 is 0 Å². The number of nitrogens with zero attached hydrogens (tertiary/aromatic N) is 3. The van der Waals surface area contributed by atoms with E-state index in [1.165, 1.54) is 0 Å². The van der Waals surface area contributed by atoms with E-state index in [-0.39, 0.29) is 0 Å². The number of aliphatic hydroxyl groups excluding tert-OH is 1. The fraction of sp³-hybridized carbons (Fsp3) is 0.250. The van der Waals surface area contributed by atoms with E-state index in [9.17, 15) is 5.11 Å². The summed E-state index contributed by atoms with van der Waals surface area (Å²) in [6.45, 7) is 2.39. The molecule has 0 aliphatic rings. The van der Waals surface area contributed by atoms with Crippen molar-refractivity contribution < 1.29 is 5.11 Å². The lowest BCUT2D eigenvalue weighted by molar-refractivity contribution is 0.199. The Morgan fingerprint density at radius 3 is 2.85 bits per heavy atom. The zero-order valence-electron chi connectivity index (χ0n) is 11.6. The van der Waals surface area contributed by atoms with Gasteiger partial charge in [-0.3, -0.25) is 0 Å². The van der Waals surface area contributed by atoms with Gasteiger partial charge in [-0.2, -0.15) is 5.26 Å². The van der Waals surface area contributed by atoms with Crippen molar-refractivity contribution in [2.24, 2.45) is 0 Å². The van der Waals surface area contributed by atoms with Crippen LogP contribution in [0.5, 0.6) is 0 Å². The SMILES string of the molecule is C[C@@H](O)c1ccnc(N(C)Cc2cccc(C#N)c2)c1. The molecule has 0 radical (unpaired) electrons. The predicted octanol–water partition coefficient (Wildman–Crippen LogP) is 2.64. The Hall–Kier alpha value is -2.38. The topological polar surface area (TPSA) is 60.2 Å². The second kappa shape index (κ2) is 6.18. The lowest BCUT2D eigenvalue weighted by atomic mass is 10.1. The third-order valence-electron chi connectivity index (χ3n) is 3.12. The molecule has 0 fully saturated rings. The first-order chi connectivity index (χ1) is 9.60. The molecule has 4 nitrogen and oxygen atoms in total. The summed E-state index contributed by atoms with van der Waals surface area (Å²) in [4.78, 5) is 6.30. The maximum Gasteiger partial charge on any atom is 0.128 e. The molecule has 0 bridgehead atoms. The smallest absolute Gasteiger partial charge is 0.128 e. The van der Waals surface area contributed by atoms with Crippen molar-refractivity contribution in [3.8, 4) is 6.07 Å². The van der Waals surface area contributed by atoms with Gasteiger partial charge in [0.15, 0.2) is 0 Å². The van der Waals surface area contributed by atoms with Crippen LogP contribution in [0.4, 0.5) is 5.82 Å². The van der Waals surface area contributed by atoms with Gasteiger partial charge in [-0.05, 0) is 42.3 Å². The van der Waals surface area contributed by atoms with Gasteiger partial charge in [0, 0.05) is 19.8 Å². The molecule has 2 rings (SSSR count). The number of nitriles is 1. The Labute approximate surface area is 118 Å². The number of pyridine rings is 1. The van der Waals surface area contributed by atoms with Gasteiger partial charge in [-0.15, -0.1) is 0 Å². The normalized spacial score (nSPS) is 11.7. The maximum absolute atomic E-state index is 9.61. The van der Waals surface area contributed by atoms with E-state index < -0.39 is 6.10 Å². The van der Waals surface area contributed by atoms with Gasteiger partial charge in [0.1, 0.15) is 5.82 Å². The van der Waals surface area contributed by atoms with E-state index in [1.807, 2.05) is 36.2 Å². The number of anilines is 1. The number of aromatic nitrogens is 1. The highest BCUT2D eigenvalue weighted by atomic mass is 16.3. The van der Waals surface area contributed by atoms with Crippen LogP contribution in [0.15, 0.2) is 42.6 Å². The summed E-state index contributed by atoms with van der Waals surface area (Å²) in [6.07, 6.45) is 1.19. The highest BCUT2D eigenvalue weighted by molar-refractivity contribution is 5.42. The van der Waals surface area contributed by atoms with E-state index >= 15 is 0 Å². The van der Waals surface area contributed by atoms with Crippen molar-refractivity contribution in [2.75, 3.05) is 11.9 Å². The van der Waals surface area contributed by atoms with Crippen LogP contribution in [0.3, 0.4) is 0 Å². The van der Waals surface area contributed by atoms with Crippen molar-refractivity contribution in [1.29, 1.82) is 5.26 Å². The largest absolute Gasteiger partial charge is 0.389 e. The summed E-state index contributed by atoms with van der Waals surface area (Å²) >= 11 is 0. The molecular formula is C16H17N3O. The molecule has 0 saturated carbocycles. The van der Waals surface area contributed by atoms with Crippen LogP contribution in [0.2, 0.25) is 0 Å². The minimum Gasteiger partial charge on any atom is -0.389 e. The fourth-order valence-electron chi connectivity index (χ4n) is 2.00. The van der Waals surface area contributed by atoms with Crippen LogP contribution in [0, 0.1) is 11.3 Å². The van der Waals surface area contributed by atoms with Crippen LogP contribution in [-0.4, -0.2) is 17.1 Å². The van der Waals surface area contributed by atoms with Crippen molar-refractivity contribution in [1.82, 2.24) is 4.98 Å². The fourth-order valence-corrected chi connectivity index (χ4v) is 2.00. The quantitative estimate of drug-likeness (QED) is 0.925. The molecule has 1 aromatic carbocycles. The van der Waals surface area contributed by atoms with Gasteiger partial charge in [0.2, 0.25) is 0 Å². The molecule has 0 spiro atoms. The highest BCUT2D eigenvalue weighted by Gasteiger charge is 2.07. The predicted molar refractivity (Wildman–Crippen MR) is 78.1 cm³/mol. The Kier molecular flexibility index (Phi) is 4.34. The summed E-state index contributed by atoms with van der Waals surface area (Å²) in [6, 6.07) is 13.3. The van der Waals surface area contributed by atoms with Gasteiger partial charge < -0.3 is 10.0 Å². The second-order valence-electron chi connectivity index (χ2n) is 4.79. The molecule has 4 heteroatoms. The molecule has 102 valence electrons. The van der Waals surface area contributed by atoms with Gasteiger partial charge >= 0.3 is 0 Å². The number of rotatable bonds is 4. The minimum atomic E-state index is -0.507. The first kappa shape index (κ1) is 14.0. The van der Waals surface area contributed by atoms with E-state index in [2.05, 4.69) is 11.1 Å². The van der Waals surface area contributed by atoms with Crippen LogP contribution in [0.25, 0.3) is 0 Å². The molecule has 0 aliphatic carbocycles. The Bertz CT molecular complexity index is 632. The van der Waals surface area contributed by atoms with E-state index in [4.69, 9.17) is 5.26 Å². The molecule has 1 aromatic heterocycles. The molecule has 0 saturated heterocycles. The highest BCUT2D eigenvalue weighted by Crippen LogP contribution is 2.18. The summed E-state index contributed by atoms with van der Waals surface area (Å²) in [7, 11) is 1.94. The molecule has 1 heterocycles. The van der Waals surface area contributed by atoms with Crippen LogP contribution in [0.1, 0.15) is 29.7 Å². The Balaban J connectivity index is 2.17. The summed E-state index contributed by atoms with van der Waals surface area (Å²) < 4.78 is 0. The maximum atomic E-state index is 9.61. The van der Waals surface area contributed by atoms with Crippen LogP contribution in [-0.2, 0) is 6.54 Å².